The van der Waals surface area contributed by atoms with Crippen LogP contribution < -0.4 is 10.2 Å². The van der Waals surface area contributed by atoms with Crippen LogP contribution in [-0.4, -0.2) is 36.0 Å². The van der Waals surface area contributed by atoms with E-state index in [1.54, 1.807) is 5.57 Å². The molecular weight excluding hydrogens is 318 g/mol. The Morgan fingerprint density at radius 3 is 2.16 bits per heavy atom. The lowest BCUT2D eigenvalue weighted by Crippen LogP contribution is -2.46. The summed E-state index contributed by atoms with van der Waals surface area (Å²) in [5.41, 5.74) is 3.04. The second-order valence-electron chi connectivity index (χ2n) is 6.53. The summed E-state index contributed by atoms with van der Waals surface area (Å²) in [6.45, 7) is 2.63. The molecule has 5 heteroatoms. The van der Waals surface area contributed by atoms with Gasteiger partial charge in [-0.15, -0.1) is 0 Å². The molecule has 1 aliphatic carbocycles. The highest BCUT2D eigenvalue weighted by atomic mass is 16.4. The Hall–Kier alpha value is -2.14. The average Bonchev–Trinajstić information content (AvgIpc) is 2.55. The third-order valence-corrected chi connectivity index (χ3v) is 4.64. The molecule has 5 nitrogen and oxygen atoms in total. The molecule has 3 rings (SSSR count). The third kappa shape index (κ3) is 6.70. The van der Waals surface area contributed by atoms with Crippen LogP contribution in [0.25, 0.3) is 6.08 Å². The van der Waals surface area contributed by atoms with Crippen molar-refractivity contribution >= 4 is 18.0 Å². The van der Waals surface area contributed by atoms with Gasteiger partial charge in [-0.25, -0.2) is 0 Å². The largest absolute Gasteiger partial charge is 0.550 e. The third-order valence-electron chi connectivity index (χ3n) is 4.64. The zero-order valence-electron chi connectivity index (χ0n) is 14.5. The second-order valence-corrected chi connectivity index (χ2v) is 6.53. The highest BCUT2D eigenvalue weighted by molar-refractivity contribution is 5.72. The molecule has 1 aromatic carbocycles. The molecule has 0 radical (unpaired) electrons. The molecule has 2 fully saturated rings. The molecule has 0 N–H and O–H groups in total. The van der Waals surface area contributed by atoms with Crippen LogP contribution in [-0.2, 0) is 9.59 Å². The van der Waals surface area contributed by atoms with Crippen molar-refractivity contribution in [1.82, 2.24) is 4.90 Å². The lowest BCUT2D eigenvalue weighted by atomic mass is 9.86. The van der Waals surface area contributed by atoms with E-state index < -0.39 is 24.8 Å². The van der Waals surface area contributed by atoms with Gasteiger partial charge in [-0.3, -0.25) is 4.90 Å². The smallest absolute Gasteiger partial charge is 0.0418 e. The van der Waals surface area contributed by atoms with E-state index in [1.165, 1.54) is 50.8 Å². The Morgan fingerprint density at radius 2 is 1.64 bits per heavy atom. The molecule has 2 aliphatic rings. The minimum atomic E-state index is -1.37. The standard InChI is InChI=1S/C16H21N.C4H6O4/c1-2-7-14(8-3-1)13-15-9-4-5-10-16(15)17-11-6-12-17;5-3(6)1-2-4(7)8/h1-3,7-8,13,16H,4-6,9-12H2;1-2H2,(H,5,6)(H,7,8)/p-2/b15-13+;. The first kappa shape index (κ1) is 19.2. The zero-order chi connectivity index (χ0) is 18.1. The van der Waals surface area contributed by atoms with E-state index in [0.29, 0.717) is 0 Å². The van der Waals surface area contributed by atoms with Crippen LogP contribution in [0.5, 0.6) is 0 Å². The predicted molar refractivity (Wildman–Crippen MR) is 92.1 cm³/mol. The molecule has 1 aromatic rings. The summed E-state index contributed by atoms with van der Waals surface area (Å²) in [5.74, 6) is -2.73. The van der Waals surface area contributed by atoms with Gasteiger partial charge in [0, 0.05) is 18.0 Å². The van der Waals surface area contributed by atoms with Crippen LogP contribution in [0.4, 0.5) is 0 Å². The number of benzene rings is 1. The quantitative estimate of drug-likeness (QED) is 0.796. The topological polar surface area (TPSA) is 83.5 Å². The monoisotopic (exact) mass is 343 g/mol. The van der Waals surface area contributed by atoms with E-state index in [4.69, 9.17) is 0 Å². The highest BCUT2D eigenvalue weighted by Crippen LogP contribution is 2.31. The fraction of sp³-hybridized carbons (Fsp3) is 0.500. The van der Waals surface area contributed by atoms with E-state index in [0.717, 1.165) is 6.04 Å². The molecule has 1 heterocycles. The molecule has 0 bridgehead atoms. The number of hydrogen-bond acceptors (Lipinski definition) is 5. The van der Waals surface area contributed by atoms with Gasteiger partial charge in [-0.1, -0.05) is 48.4 Å². The van der Waals surface area contributed by atoms with Gasteiger partial charge in [0.05, 0.1) is 0 Å². The fourth-order valence-electron chi connectivity index (χ4n) is 3.22. The lowest BCUT2D eigenvalue weighted by molar-refractivity contribution is -0.315. The number of rotatable bonds is 5. The van der Waals surface area contributed by atoms with Gasteiger partial charge in [0.2, 0.25) is 0 Å². The van der Waals surface area contributed by atoms with Crippen molar-refractivity contribution in [2.45, 2.75) is 51.0 Å². The number of carbonyl (C=O) groups excluding carboxylic acids is 2. The zero-order valence-corrected chi connectivity index (χ0v) is 14.5. The number of aliphatic carboxylic acids is 2. The summed E-state index contributed by atoms with van der Waals surface area (Å²) in [7, 11) is 0. The van der Waals surface area contributed by atoms with Crippen molar-refractivity contribution in [3.05, 3.63) is 41.5 Å². The Labute approximate surface area is 149 Å². The van der Waals surface area contributed by atoms with Crippen molar-refractivity contribution in [1.29, 1.82) is 0 Å². The predicted octanol–water partition coefficient (Wildman–Crippen LogP) is 0.985. The van der Waals surface area contributed by atoms with Crippen molar-refractivity contribution in [3.63, 3.8) is 0 Å². The Balaban J connectivity index is 0.000000242. The van der Waals surface area contributed by atoms with Gasteiger partial charge in [-0.05, 0) is 57.2 Å². The minimum Gasteiger partial charge on any atom is -0.550 e. The summed E-state index contributed by atoms with van der Waals surface area (Å²) in [4.78, 5) is 21.7. The number of carboxylic acids is 2. The van der Waals surface area contributed by atoms with Gasteiger partial charge in [0.25, 0.3) is 0 Å². The van der Waals surface area contributed by atoms with Crippen molar-refractivity contribution in [2.24, 2.45) is 0 Å². The van der Waals surface area contributed by atoms with Crippen LogP contribution in [0.15, 0.2) is 35.9 Å². The Bertz CT molecular complexity index is 579. The van der Waals surface area contributed by atoms with E-state index in [2.05, 4.69) is 41.3 Å². The summed E-state index contributed by atoms with van der Waals surface area (Å²) in [6.07, 6.45) is 8.35. The maximum Gasteiger partial charge on any atom is 0.0418 e. The molecule has 1 aliphatic heterocycles. The minimum absolute atomic E-state index is 0.470. The van der Waals surface area contributed by atoms with Gasteiger partial charge >= 0.3 is 0 Å². The van der Waals surface area contributed by atoms with Gasteiger partial charge in [-0.2, -0.15) is 0 Å². The second kappa shape index (κ2) is 9.99. The van der Waals surface area contributed by atoms with Crippen molar-refractivity contribution in [3.8, 4) is 0 Å². The van der Waals surface area contributed by atoms with Gasteiger partial charge < -0.3 is 19.8 Å². The number of nitrogens with zero attached hydrogens (tertiary/aromatic N) is 1. The Morgan fingerprint density at radius 1 is 1.00 bits per heavy atom. The molecule has 1 saturated carbocycles. The lowest BCUT2D eigenvalue weighted by Gasteiger charge is -2.42. The number of carbonyl (C=O) groups is 2. The summed E-state index contributed by atoms with van der Waals surface area (Å²) < 4.78 is 0. The molecule has 1 atom stereocenters. The van der Waals surface area contributed by atoms with Crippen LogP contribution in [0.2, 0.25) is 0 Å². The van der Waals surface area contributed by atoms with Crippen LogP contribution >= 0.6 is 0 Å². The van der Waals surface area contributed by atoms with Gasteiger partial charge in [0.1, 0.15) is 0 Å². The van der Waals surface area contributed by atoms with E-state index in [1.807, 2.05) is 0 Å². The number of likely N-dealkylation sites (tertiary alicyclic amines) is 1. The maximum atomic E-state index is 9.50. The van der Waals surface area contributed by atoms with E-state index >= 15 is 0 Å². The van der Waals surface area contributed by atoms with Crippen LogP contribution in [0, 0.1) is 0 Å². The van der Waals surface area contributed by atoms with Crippen molar-refractivity contribution < 1.29 is 19.8 Å². The first-order valence-electron chi connectivity index (χ1n) is 8.95. The Kier molecular flexibility index (Phi) is 7.67. The van der Waals surface area contributed by atoms with Crippen LogP contribution in [0.3, 0.4) is 0 Å². The van der Waals surface area contributed by atoms with E-state index in [-0.39, 0.29) is 0 Å². The molecule has 1 saturated heterocycles. The number of carboxylic acid groups (broad SMARTS) is 2. The molecule has 0 spiro atoms. The molecule has 1 unspecified atom stereocenters. The molecule has 0 aromatic heterocycles. The normalized spacial score (nSPS) is 21.8. The first-order valence-corrected chi connectivity index (χ1v) is 8.95. The fourth-order valence-corrected chi connectivity index (χ4v) is 3.22. The molecule has 136 valence electrons. The van der Waals surface area contributed by atoms with Crippen LogP contribution in [0.1, 0.15) is 50.5 Å². The van der Waals surface area contributed by atoms with Gasteiger partial charge in [0.15, 0.2) is 0 Å². The molecule has 25 heavy (non-hydrogen) atoms. The maximum absolute atomic E-state index is 9.50. The summed E-state index contributed by atoms with van der Waals surface area (Å²) in [6, 6.07) is 11.5. The molecule has 0 amide bonds. The molecular formula is C20H25NO4-2. The highest BCUT2D eigenvalue weighted by Gasteiger charge is 2.28. The summed E-state index contributed by atoms with van der Waals surface area (Å²) in [5, 5.41) is 19.0. The average molecular weight is 343 g/mol. The van der Waals surface area contributed by atoms with E-state index in [9.17, 15) is 19.8 Å². The van der Waals surface area contributed by atoms with Crippen molar-refractivity contribution in [2.75, 3.05) is 13.1 Å². The summed E-state index contributed by atoms with van der Waals surface area (Å²) >= 11 is 0. The number of hydrogen-bond donors (Lipinski definition) is 0. The first-order chi connectivity index (χ1) is 12.1. The SMILES string of the molecule is C(=C1/CCCCC1N1CCC1)/c1ccccc1.O=C([O-])CCC(=O)[O-].